The Morgan fingerprint density at radius 1 is 1.31 bits per heavy atom. The number of hydrogen-bond acceptors (Lipinski definition) is 3. The second-order valence-corrected chi connectivity index (χ2v) is 4.57. The van der Waals surface area contributed by atoms with E-state index in [-0.39, 0.29) is 6.54 Å². The van der Waals surface area contributed by atoms with Crippen molar-refractivity contribution in [2.45, 2.75) is 51.9 Å². The largest absolute Gasteiger partial charge is 0.459 e. The van der Waals surface area contributed by atoms with Gasteiger partial charge in [0.2, 0.25) is 0 Å². The molecule has 1 unspecified atom stereocenters. The zero-order valence-corrected chi connectivity index (χ0v) is 9.94. The van der Waals surface area contributed by atoms with Crippen molar-refractivity contribution < 1.29 is 22.7 Å². The van der Waals surface area contributed by atoms with Gasteiger partial charge in [-0.3, -0.25) is 4.79 Å². The quantitative estimate of drug-likeness (QED) is 0.767. The maximum Gasteiger partial charge on any atom is 0.390 e. The monoisotopic (exact) mass is 241 g/mol. The summed E-state index contributed by atoms with van der Waals surface area (Å²) in [6.07, 6.45) is -5.17. The van der Waals surface area contributed by atoms with Crippen molar-refractivity contribution >= 4 is 5.97 Å². The summed E-state index contributed by atoms with van der Waals surface area (Å²) in [7, 11) is 0. The van der Waals surface area contributed by atoms with Crippen molar-refractivity contribution in [3.8, 4) is 0 Å². The van der Waals surface area contributed by atoms with Gasteiger partial charge >= 0.3 is 12.1 Å². The second kappa shape index (κ2) is 5.52. The molecule has 0 amide bonds. The third-order valence-electron chi connectivity index (χ3n) is 1.62. The van der Waals surface area contributed by atoms with Gasteiger partial charge in [0.1, 0.15) is 11.6 Å². The molecule has 0 spiro atoms. The van der Waals surface area contributed by atoms with Gasteiger partial charge in [-0.2, -0.15) is 13.2 Å². The first-order chi connectivity index (χ1) is 7.01. The van der Waals surface area contributed by atoms with Gasteiger partial charge in [-0.05, 0) is 27.7 Å². The molecule has 0 aliphatic carbocycles. The van der Waals surface area contributed by atoms with E-state index in [2.05, 4.69) is 5.32 Å². The van der Waals surface area contributed by atoms with Crippen LogP contribution in [0.25, 0.3) is 0 Å². The van der Waals surface area contributed by atoms with Crippen molar-refractivity contribution in [2.75, 3.05) is 6.54 Å². The lowest BCUT2D eigenvalue weighted by Crippen LogP contribution is -2.40. The van der Waals surface area contributed by atoms with E-state index < -0.39 is 30.2 Å². The maximum atomic E-state index is 11.8. The topological polar surface area (TPSA) is 38.3 Å². The first-order valence-corrected chi connectivity index (χ1v) is 5.04. The molecule has 1 atom stereocenters. The molecule has 6 heteroatoms. The third kappa shape index (κ3) is 8.52. The molecule has 0 aromatic carbocycles. The summed E-state index contributed by atoms with van der Waals surface area (Å²) in [5.74, 6) is -0.547. The van der Waals surface area contributed by atoms with E-state index in [1.165, 1.54) is 6.92 Å². The minimum absolute atomic E-state index is 0.288. The number of nitrogens with one attached hydrogen (secondary N) is 1. The molecule has 0 saturated heterocycles. The van der Waals surface area contributed by atoms with Gasteiger partial charge in [0, 0.05) is 6.54 Å². The molecule has 0 aromatic heterocycles. The molecule has 0 aromatic rings. The van der Waals surface area contributed by atoms with Crippen LogP contribution in [-0.4, -0.2) is 30.3 Å². The summed E-state index contributed by atoms with van der Waals surface area (Å²) in [5.41, 5.74) is -0.628. The van der Waals surface area contributed by atoms with Crippen molar-refractivity contribution in [3.63, 3.8) is 0 Å². The lowest BCUT2D eigenvalue weighted by atomic mass is 10.2. The highest BCUT2D eigenvalue weighted by molar-refractivity contribution is 5.75. The van der Waals surface area contributed by atoms with E-state index in [1.807, 2.05) is 0 Å². The van der Waals surface area contributed by atoms with Gasteiger partial charge in [0.25, 0.3) is 0 Å². The predicted molar refractivity (Wildman–Crippen MR) is 54.0 cm³/mol. The van der Waals surface area contributed by atoms with Crippen LogP contribution in [0.2, 0.25) is 0 Å². The predicted octanol–water partition coefficient (Wildman–Crippen LogP) is 2.26. The normalized spacial score (nSPS) is 14.7. The highest BCUT2D eigenvalue weighted by atomic mass is 19.4. The summed E-state index contributed by atoms with van der Waals surface area (Å²) >= 11 is 0. The summed E-state index contributed by atoms with van der Waals surface area (Å²) < 4.78 is 40.5. The molecule has 1 N–H and O–H groups in total. The Morgan fingerprint density at radius 3 is 2.19 bits per heavy atom. The van der Waals surface area contributed by atoms with Crippen LogP contribution in [-0.2, 0) is 9.53 Å². The van der Waals surface area contributed by atoms with Crippen molar-refractivity contribution in [2.24, 2.45) is 0 Å². The average Bonchev–Trinajstić information content (AvgIpc) is 1.98. The van der Waals surface area contributed by atoms with E-state index >= 15 is 0 Å². The van der Waals surface area contributed by atoms with Gasteiger partial charge in [0.05, 0.1) is 6.42 Å². The minimum Gasteiger partial charge on any atom is -0.459 e. The van der Waals surface area contributed by atoms with Crippen LogP contribution in [0.15, 0.2) is 0 Å². The molecule has 0 saturated carbocycles. The van der Waals surface area contributed by atoms with Gasteiger partial charge in [-0.15, -0.1) is 0 Å². The highest BCUT2D eigenvalue weighted by Crippen LogP contribution is 2.18. The average molecular weight is 241 g/mol. The molecule has 0 aliphatic heterocycles. The Bertz CT molecular complexity index is 233. The molecule has 16 heavy (non-hydrogen) atoms. The summed E-state index contributed by atoms with van der Waals surface area (Å²) in [6, 6.07) is -0.735. The molecule has 0 bridgehead atoms. The second-order valence-electron chi connectivity index (χ2n) is 4.57. The summed E-state index contributed by atoms with van der Waals surface area (Å²) in [4.78, 5) is 11.3. The standard InChI is InChI=1S/C10H18F3NO2/c1-7(8(15)16-9(2,3)4)14-6-5-10(11,12)13/h7,14H,5-6H2,1-4H3. The summed E-state index contributed by atoms with van der Waals surface area (Å²) in [6.45, 7) is 6.29. The molecular formula is C10H18F3NO2. The molecular weight excluding hydrogens is 223 g/mol. The lowest BCUT2D eigenvalue weighted by Gasteiger charge is -2.22. The highest BCUT2D eigenvalue weighted by Gasteiger charge is 2.27. The number of alkyl halides is 3. The molecule has 0 aliphatic rings. The van der Waals surface area contributed by atoms with Crippen LogP contribution in [0.1, 0.15) is 34.1 Å². The number of halogens is 3. The number of rotatable bonds is 4. The zero-order chi connectivity index (χ0) is 13.0. The SMILES string of the molecule is CC(NCCC(F)(F)F)C(=O)OC(C)(C)C. The molecule has 0 fully saturated rings. The van der Waals surface area contributed by atoms with Gasteiger partial charge in [-0.1, -0.05) is 0 Å². The van der Waals surface area contributed by atoms with E-state index in [1.54, 1.807) is 20.8 Å². The van der Waals surface area contributed by atoms with E-state index in [9.17, 15) is 18.0 Å². The number of esters is 1. The lowest BCUT2D eigenvalue weighted by molar-refractivity contribution is -0.158. The van der Waals surface area contributed by atoms with Crippen molar-refractivity contribution in [3.05, 3.63) is 0 Å². The fourth-order valence-electron chi connectivity index (χ4n) is 0.904. The van der Waals surface area contributed by atoms with E-state index in [0.29, 0.717) is 0 Å². The Kier molecular flexibility index (Phi) is 5.25. The van der Waals surface area contributed by atoms with Crippen LogP contribution in [0.4, 0.5) is 13.2 Å². The third-order valence-corrected chi connectivity index (χ3v) is 1.62. The number of ether oxygens (including phenoxy) is 1. The first-order valence-electron chi connectivity index (χ1n) is 5.04. The maximum absolute atomic E-state index is 11.8. The molecule has 0 heterocycles. The number of hydrogen-bond donors (Lipinski definition) is 1. The van der Waals surface area contributed by atoms with Gasteiger partial charge in [0.15, 0.2) is 0 Å². The van der Waals surface area contributed by atoms with Crippen molar-refractivity contribution in [1.82, 2.24) is 5.32 Å². The molecule has 0 rings (SSSR count). The van der Waals surface area contributed by atoms with Gasteiger partial charge in [-0.25, -0.2) is 0 Å². The Labute approximate surface area is 93.3 Å². The molecule has 0 radical (unpaired) electrons. The van der Waals surface area contributed by atoms with Crippen LogP contribution in [0, 0.1) is 0 Å². The van der Waals surface area contributed by atoms with Crippen LogP contribution >= 0.6 is 0 Å². The Balaban J connectivity index is 3.89. The van der Waals surface area contributed by atoms with Crippen LogP contribution in [0.5, 0.6) is 0 Å². The van der Waals surface area contributed by atoms with Crippen LogP contribution in [0.3, 0.4) is 0 Å². The fourth-order valence-corrected chi connectivity index (χ4v) is 0.904. The minimum atomic E-state index is -4.21. The fraction of sp³-hybridized carbons (Fsp3) is 0.900. The van der Waals surface area contributed by atoms with Gasteiger partial charge < -0.3 is 10.1 Å². The van der Waals surface area contributed by atoms with E-state index in [0.717, 1.165) is 0 Å². The van der Waals surface area contributed by atoms with E-state index in [4.69, 9.17) is 4.74 Å². The Hall–Kier alpha value is -0.780. The smallest absolute Gasteiger partial charge is 0.390 e. The Morgan fingerprint density at radius 2 is 1.81 bits per heavy atom. The number of carbonyl (C=O) groups is 1. The zero-order valence-electron chi connectivity index (χ0n) is 9.94. The van der Waals surface area contributed by atoms with Crippen LogP contribution < -0.4 is 5.32 Å². The molecule has 96 valence electrons. The first kappa shape index (κ1) is 15.2. The number of carbonyl (C=O) groups excluding carboxylic acids is 1. The van der Waals surface area contributed by atoms with Crippen molar-refractivity contribution in [1.29, 1.82) is 0 Å². The molecule has 3 nitrogen and oxygen atoms in total. The summed E-state index contributed by atoms with van der Waals surface area (Å²) in [5, 5.41) is 2.47.